The number of carboxylic acids is 1. The number of carbonyl (C=O) groups is 1. The summed E-state index contributed by atoms with van der Waals surface area (Å²) in [4.78, 5) is 25.1. The van der Waals surface area contributed by atoms with Crippen molar-refractivity contribution in [3.05, 3.63) is 45.5 Å². The molecule has 4 nitrogen and oxygen atoms in total. The summed E-state index contributed by atoms with van der Waals surface area (Å²) in [6.45, 7) is 1.52. The molecule has 0 aliphatic carbocycles. The summed E-state index contributed by atoms with van der Waals surface area (Å²) in [5.41, 5.74) is -0.329. The van der Waals surface area contributed by atoms with Crippen LogP contribution in [-0.4, -0.2) is 16.1 Å². The first-order valence-electron chi connectivity index (χ1n) is 4.56. The van der Waals surface area contributed by atoms with Crippen LogP contribution in [0.5, 0.6) is 0 Å². The summed E-state index contributed by atoms with van der Waals surface area (Å²) in [5, 5.41) is 8.93. The Hall–Kier alpha value is -2.17. The topological polar surface area (TPSA) is 70.2 Å². The van der Waals surface area contributed by atoms with E-state index in [0.717, 1.165) is 12.3 Å². The molecule has 1 heterocycles. The van der Waals surface area contributed by atoms with Crippen LogP contribution < -0.4 is 5.43 Å². The van der Waals surface area contributed by atoms with Gasteiger partial charge in [-0.2, -0.15) is 0 Å². The highest BCUT2D eigenvalue weighted by Crippen LogP contribution is 2.16. The van der Waals surface area contributed by atoms with Gasteiger partial charge in [0.15, 0.2) is 0 Å². The van der Waals surface area contributed by atoms with E-state index in [-0.39, 0.29) is 10.9 Å². The van der Waals surface area contributed by atoms with Gasteiger partial charge in [0.1, 0.15) is 11.4 Å². The zero-order valence-corrected chi connectivity index (χ0v) is 8.37. The van der Waals surface area contributed by atoms with E-state index in [1.54, 1.807) is 0 Å². The Bertz CT molecular complexity index is 645. The van der Waals surface area contributed by atoms with E-state index in [1.165, 1.54) is 13.0 Å². The van der Waals surface area contributed by atoms with Gasteiger partial charge in [0.05, 0.1) is 5.52 Å². The molecule has 1 aromatic heterocycles. The van der Waals surface area contributed by atoms with Crippen molar-refractivity contribution < 1.29 is 14.3 Å². The third kappa shape index (κ3) is 1.37. The first-order chi connectivity index (χ1) is 7.52. The van der Waals surface area contributed by atoms with Gasteiger partial charge in [0.25, 0.3) is 0 Å². The highest BCUT2D eigenvalue weighted by molar-refractivity contribution is 5.92. The minimum Gasteiger partial charge on any atom is -0.477 e. The highest BCUT2D eigenvalue weighted by Gasteiger charge is 2.13. The van der Waals surface area contributed by atoms with Crippen molar-refractivity contribution in [1.29, 1.82) is 0 Å². The summed E-state index contributed by atoms with van der Waals surface area (Å²) in [7, 11) is 0. The van der Waals surface area contributed by atoms with Crippen molar-refractivity contribution in [3.63, 3.8) is 0 Å². The van der Waals surface area contributed by atoms with Gasteiger partial charge in [-0.1, -0.05) is 0 Å². The Morgan fingerprint density at radius 2 is 2.12 bits per heavy atom. The monoisotopic (exact) mass is 221 g/mol. The van der Waals surface area contributed by atoms with Crippen molar-refractivity contribution >= 4 is 16.9 Å². The molecule has 2 N–H and O–H groups in total. The molecule has 5 heteroatoms. The number of aromatic amines is 1. The zero-order chi connectivity index (χ0) is 11.9. The lowest BCUT2D eigenvalue weighted by Gasteiger charge is -2.03. The second-order valence-corrected chi connectivity index (χ2v) is 3.43. The van der Waals surface area contributed by atoms with E-state index >= 15 is 0 Å². The summed E-state index contributed by atoms with van der Waals surface area (Å²) < 4.78 is 13.2. The second kappa shape index (κ2) is 3.44. The van der Waals surface area contributed by atoms with Crippen LogP contribution in [0.15, 0.2) is 23.1 Å². The van der Waals surface area contributed by atoms with Crippen molar-refractivity contribution in [2.45, 2.75) is 6.92 Å². The van der Waals surface area contributed by atoms with Crippen LogP contribution >= 0.6 is 0 Å². The van der Waals surface area contributed by atoms with Crippen molar-refractivity contribution in [3.8, 4) is 0 Å². The standard InChI is InChI=1S/C11H8FNO3/c1-5-8(12)3-2-6-9(5)13-4-7(10(6)14)11(15)16/h2-4H,1H3,(H,13,14)(H,15,16). The molecule has 0 fully saturated rings. The predicted octanol–water partition coefficient (Wildman–Crippen LogP) is 1.67. The number of pyridine rings is 1. The van der Waals surface area contributed by atoms with Crippen molar-refractivity contribution in [1.82, 2.24) is 4.98 Å². The number of aromatic nitrogens is 1. The van der Waals surface area contributed by atoms with E-state index in [0.29, 0.717) is 11.1 Å². The van der Waals surface area contributed by atoms with Crippen LogP contribution in [0.1, 0.15) is 15.9 Å². The molecule has 1 aromatic carbocycles. The Labute approximate surface area is 89.3 Å². The smallest absolute Gasteiger partial charge is 0.341 e. The summed E-state index contributed by atoms with van der Waals surface area (Å²) in [6, 6.07) is 2.43. The first kappa shape index (κ1) is 10.4. The quantitative estimate of drug-likeness (QED) is 0.769. The molecular weight excluding hydrogens is 213 g/mol. The Balaban J connectivity index is 2.93. The number of hydrogen-bond acceptors (Lipinski definition) is 2. The maximum absolute atomic E-state index is 13.2. The number of nitrogens with one attached hydrogen (secondary N) is 1. The third-order valence-corrected chi connectivity index (χ3v) is 2.48. The number of aromatic carboxylic acids is 1. The predicted molar refractivity (Wildman–Crippen MR) is 56.2 cm³/mol. The molecule has 0 unspecified atom stereocenters. The largest absolute Gasteiger partial charge is 0.477 e. The highest BCUT2D eigenvalue weighted by atomic mass is 19.1. The number of fused-ring (bicyclic) bond motifs is 1. The molecular formula is C11H8FNO3. The Morgan fingerprint density at radius 1 is 1.44 bits per heavy atom. The van der Waals surface area contributed by atoms with Crippen molar-refractivity contribution in [2.75, 3.05) is 0 Å². The molecule has 2 aromatic rings. The van der Waals surface area contributed by atoms with Gasteiger partial charge in [0, 0.05) is 17.1 Å². The van der Waals surface area contributed by atoms with Crippen LogP contribution in [0.25, 0.3) is 10.9 Å². The number of benzene rings is 1. The van der Waals surface area contributed by atoms with Crippen LogP contribution in [0.4, 0.5) is 4.39 Å². The van der Waals surface area contributed by atoms with Gasteiger partial charge in [-0.25, -0.2) is 9.18 Å². The fourth-order valence-electron chi connectivity index (χ4n) is 1.58. The van der Waals surface area contributed by atoms with E-state index in [4.69, 9.17) is 5.11 Å². The molecule has 0 saturated heterocycles. The molecule has 0 bridgehead atoms. The fourth-order valence-corrected chi connectivity index (χ4v) is 1.58. The Kier molecular flexibility index (Phi) is 2.23. The van der Waals surface area contributed by atoms with E-state index in [2.05, 4.69) is 4.98 Å². The SMILES string of the molecule is Cc1c(F)ccc2c(=O)c(C(=O)O)c[nH]c12. The molecule has 82 valence electrons. The molecule has 0 radical (unpaired) electrons. The number of rotatable bonds is 1. The van der Waals surface area contributed by atoms with Gasteiger partial charge < -0.3 is 10.1 Å². The second-order valence-electron chi connectivity index (χ2n) is 3.43. The van der Waals surface area contributed by atoms with Gasteiger partial charge in [-0.05, 0) is 19.1 Å². The lowest BCUT2D eigenvalue weighted by atomic mass is 10.1. The molecule has 0 amide bonds. The number of halogens is 1. The van der Waals surface area contributed by atoms with Crippen LogP contribution in [0.2, 0.25) is 0 Å². The average molecular weight is 221 g/mol. The normalized spacial score (nSPS) is 10.6. The van der Waals surface area contributed by atoms with Gasteiger partial charge in [0.2, 0.25) is 5.43 Å². The maximum atomic E-state index is 13.2. The summed E-state index contributed by atoms with van der Waals surface area (Å²) >= 11 is 0. The minimum atomic E-state index is -1.30. The first-order valence-corrected chi connectivity index (χ1v) is 4.56. The molecule has 0 aliphatic rings. The van der Waals surface area contributed by atoms with Crippen LogP contribution in [-0.2, 0) is 0 Å². The molecule has 0 aliphatic heterocycles. The van der Waals surface area contributed by atoms with Gasteiger partial charge >= 0.3 is 5.97 Å². The third-order valence-electron chi connectivity index (χ3n) is 2.48. The number of H-pyrrole nitrogens is 1. The molecule has 0 spiro atoms. The zero-order valence-electron chi connectivity index (χ0n) is 8.37. The minimum absolute atomic E-state index is 0.179. The molecule has 16 heavy (non-hydrogen) atoms. The average Bonchev–Trinajstić information content (AvgIpc) is 2.23. The van der Waals surface area contributed by atoms with Gasteiger partial charge in [-0.15, -0.1) is 0 Å². The van der Waals surface area contributed by atoms with Crippen molar-refractivity contribution in [2.24, 2.45) is 0 Å². The summed E-state index contributed by atoms with van der Waals surface area (Å²) in [5.74, 6) is -1.74. The lowest BCUT2D eigenvalue weighted by Crippen LogP contribution is -2.15. The number of hydrogen-bond donors (Lipinski definition) is 2. The fraction of sp³-hybridized carbons (Fsp3) is 0.0909. The van der Waals surface area contributed by atoms with Crippen LogP contribution in [0.3, 0.4) is 0 Å². The maximum Gasteiger partial charge on any atom is 0.341 e. The molecule has 2 rings (SSSR count). The van der Waals surface area contributed by atoms with Gasteiger partial charge in [-0.3, -0.25) is 4.79 Å². The van der Waals surface area contributed by atoms with E-state index in [1.807, 2.05) is 0 Å². The summed E-state index contributed by atoms with van der Waals surface area (Å²) in [6.07, 6.45) is 1.08. The number of carboxylic acid groups (broad SMARTS) is 1. The van der Waals surface area contributed by atoms with E-state index < -0.39 is 17.2 Å². The Morgan fingerprint density at radius 3 is 2.75 bits per heavy atom. The molecule has 0 atom stereocenters. The van der Waals surface area contributed by atoms with E-state index in [9.17, 15) is 14.0 Å². The number of aryl methyl sites for hydroxylation is 1. The van der Waals surface area contributed by atoms with Crippen LogP contribution in [0, 0.1) is 12.7 Å². The molecule has 0 saturated carbocycles. The lowest BCUT2D eigenvalue weighted by molar-refractivity contribution is 0.0695.